The molecule has 3 aromatic rings. The molecule has 2 saturated heterocycles. The van der Waals surface area contributed by atoms with E-state index in [4.69, 9.17) is 4.84 Å². The standard InChI is InChI=1S/C22H16BrN3O3/c23-15-8-10-17(11-9-15)26-19(14-5-4-12-24-13-14)18-20(29-26)22(28)25(21(18)27)16-6-2-1-3-7-16/h1-13,18-20H/t18-,19+,20+/m0/s1. The number of halogens is 1. The van der Waals surface area contributed by atoms with E-state index in [9.17, 15) is 9.59 Å². The number of fused-ring (bicyclic) bond motifs is 1. The molecule has 0 radical (unpaired) electrons. The van der Waals surface area contributed by atoms with Crippen LogP contribution in [0.4, 0.5) is 11.4 Å². The van der Waals surface area contributed by atoms with Crippen LogP contribution in [0.3, 0.4) is 0 Å². The van der Waals surface area contributed by atoms with Crippen molar-refractivity contribution in [2.75, 3.05) is 9.96 Å². The molecule has 0 bridgehead atoms. The Morgan fingerprint density at radius 1 is 0.862 bits per heavy atom. The van der Waals surface area contributed by atoms with Crippen molar-refractivity contribution in [3.05, 3.63) is 89.2 Å². The first-order chi connectivity index (χ1) is 14.1. The van der Waals surface area contributed by atoms with Crippen LogP contribution in [0.2, 0.25) is 0 Å². The lowest BCUT2D eigenvalue weighted by Gasteiger charge is -2.28. The molecule has 3 heterocycles. The van der Waals surface area contributed by atoms with Crippen molar-refractivity contribution in [3.63, 3.8) is 0 Å². The topological polar surface area (TPSA) is 62.7 Å². The Hall–Kier alpha value is -3.03. The normalized spacial score (nSPS) is 23.6. The van der Waals surface area contributed by atoms with Gasteiger partial charge in [0.05, 0.1) is 17.4 Å². The van der Waals surface area contributed by atoms with Crippen LogP contribution in [0.1, 0.15) is 11.6 Å². The summed E-state index contributed by atoms with van der Waals surface area (Å²) in [6.45, 7) is 0. The number of imide groups is 1. The number of para-hydroxylation sites is 1. The maximum Gasteiger partial charge on any atom is 0.266 e. The van der Waals surface area contributed by atoms with Crippen molar-refractivity contribution in [3.8, 4) is 0 Å². The Morgan fingerprint density at radius 2 is 1.62 bits per heavy atom. The second kappa shape index (κ2) is 7.09. The van der Waals surface area contributed by atoms with E-state index in [1.54, 1.807) is 41.7 Å². The molecule has 7 heteroatoms. The summed E-state index contributed by atoms with van der Waals surface area (Å²) in [5.41, 5.74) is 2.14. The fourth-order valence-electron chi connectivity index (χ4n) is 3.95. The third-order valence-corrected chi connectivity index (χ3v) is 5.77. The zero-order valence-electron chi connectivity index (χ0n) is 15.2. The van der Waals surface area contributed by atoms with Gasteiger partial charge in [0.2, 0.25) is 5.91 Å². The van der Waals surface area contributed by atoms with Gasteiger partial charge < -0.3 is 0 Å². The van der Waals surface area contributed by atoms with Crippen molar-refractivity contribution >= 4 is 39.1 Å². The van der Waals surface area contributed by atoms with Crippen LogP contribution < -0.4 is 9.96 Å². The lowest BCUT2D eigenvalue weighted by molar-refractivity contribution is -0.126. The molecule has 6 nitrogen and oxygen atoms in total. The molecule has 29 heavy (non-hydrogen) atoms. The number of benzene rings is 2. The number of carbonyl (C=O) groups is 2. The van der Waals surface area contributed by atoms with Crippen LogP contribution >= 0.6 is 15.9 Å². The van der Waals surface area contributed by atoms with E-state index < -0.39 is 18.1 Å². The molecule has 0 aliphatic carbocycles. The van der Waals surface area contributed by atoms with Gasteiger partial charge in [-0.05, 0) is 48.0 Å². The summed E-state index contributed by atoms with van der Waals surface area (Å²) in [6.07, 6.45) is 2.51. The van der Waals surface area contributed by atoms with Crippen LogP contribution in [-0.4, -0.2) is 22.9 Å². The molecule has 0 spiro atoms. The first-order valence-corrected chi connectivity index (χ1v) is 9.99. The number of pyridine rings is 1. The van der Waals surface area contributed by atoms with E-state index in [2.05, 4.69) is 20.9 Å². The van der Waals surface area contributed by atoms with E-state index in [1.807, 2.05) is 42.5 Å². The number of carbonyl (C=O) groups excluding carboxylic acids is 2. The number of nitrogens with zero attached hydrogens (tertiary/aromatic N) is 3. The molecule has 2 aliphatic heterocycles. The minimum atomic E-state index is -0.878. The highest BCUT2D eigenvalue weighted by molar-refractivity contribution is 9.10. The number of hydrogen-bond donors (Lipinski definition) is 0. The van der Waals surface area contributed by atoms with Crippen LogP contribution in [-0.2, 0) is 14.4 Å². The smallest absolute Gasteiger partial charge is 0.266 e. The van der Waals surface area contributed by atoms with E-state index in [-0.39, 0.29) is 11.8 Å². The molecule has 0 N–H and O–H groups in total. The Morgan fingerprint density at radius 3 is 2.31 bits per heavy atom. The first kappa shape index (κ1) is 18.0. The van der Waals surface area contributed by atoms with Crippen LogP contribution in [0.15, 0.2) is 83.6 Å². The van der Waals surface area contributed by atoms with Gasteiger partial charge in [-0.3, -0.25) is 19.4 Å². The quantitative estimate of drug-likeness (QED) is 0.567. The Kier molecular flexibility index (Phi) is 4.41. The third kappa shape index (κ3) is 2.94. The molecule has 0 unspecified atom stereocenters. The van der Waals surface area contributed by atoms with E-state index in [1.165, 1.54) is 4.90 Å². The highest BCUT2D eigenvalue weighted by atomic mass is 79.9. The summed E-state index contributed by atoms with van der Waals surface area (Å²) < 4.78 is 0.931. The zero-order valence-corrected chi connectivity index (χ0v) is 16.8. The predicted octanol–water partition coefficient (Wildman–Crippen LogP) is 3.90. The van der Waals surface area contributed by atoms with Crippen LogP contribution in [0.5, 0.6) is 0 Å². The second-order valence-electron chi connectivity index (χ2n) is 6.93. The van der Waals surface area contributed by atoms with Gasteiger partial charge in [-0.25, -0.2) is 9.96 Å². The molecule has 2 fully saturated rings. The summed E-state index contributed by atoms with van der Waals surface area (Å²) in [6, 6.07) is 19.8. The number of hydrogen-bond acceptors (Lipinski definition) is 5. The molecule has 2 aromatic carbocycles. The van der Waals surface area contributed by atoms with Gasteiger partial charge in [0.25, 0.3) is 5.91 Å². The summed E-state index contributed by atoms with van der Waals surface area (Å²) in [4.78, 5) is 38.1. The maximum absolute atomic E-state index is 13.4. The monoisotopic (exact) mass is 449 g/mol. The summed E-state index contributed by atoms with van der Waals surface area (Å²) >= 11 is 3.43. The molecule has 144 valence electrons. The molecule has 1 aromatic heterocycles. The minimum Gasteiger partial charge on any atom is -0.273 e. The van der Waals surface area contributed by atoms with Crippen molar-refractivity contribution in [2.45, 2.75) is 12.1 Å². The largest absolute Gasteiger partial charge is 0.273 e. The lowest BCUT2D eigenvalue weighted by atomic mass is 9.91. The molecule has 2 aliphatic rings. The fourth-order valence-corrected chi connectivity index (χ4v) is 4.21. The molecule has 0 saturated carbocycles. The molecular formula is C22H16BrN3O3. The average Bonchev–Trinajstić information content (AvgIpc) is 3.26. The predicted molar refractivity (Wildman–Crippen MR) is 111 cm³/mol. The van der Waals surface area contributed by atoms with Gasteiger partial charge in [-0.1, -0.05) is 40.2 Å². The van der Waals surface area contributed by atoms with Gasteiger partial charge >= 0.3 is 0 Å². The lowest BCUT2D eigenvalue weighted by Crippen LogP contribution is -2.37. The third-order valence-electron chi connectivity index (χ3n) is 5.24. The van der Waals surface area contributed by atoms with Crippen molar-refractivity contribution in [2.24, 2.45) is 5.92 Å². The van der Waals surface area contributed by atoms with Crippen molar-refractivity contribution in [1.82, 2.24) is 4.98 Å². The van der Waals surface area contributed by atoms with Crippen molar-refractivity contribution < 1.29 is 14.4 Å². The average molecular weight is 450 g/mol. The van der Waals surface area contributed by atoms with Gasteiger partial charge in [0.1, 0.15) is 5.92 Å². The minimum absolute atomic E-state index is 0.264. The first-order valence-electron chi connectivity index (χ1n) is 9.19. The number of amides is 2. The zero-order chi connectivity index (χ0) is 20.0. The van der Waals surface area contributed by atoms with Gasteiger partial charge in [-0.15, -0.1) is 0 Å². The molecular weight excluding hydrogens is 434 g/mol. The number of anilines is 2. The van der Waals surface area contributed by atoms with Gasteiger partial charge in [0, 0.05) is 16.9 Å². The van der Waals surface area contributed by atoms with Crippen LogP contribution in [0, 0.1) is 5.92 Å². The summed E-state index contributed by atoms with van der Waals surface area (Å²) in [7, 11) is 0. The SMILES string of the molecule is O=C1[C@H]2[C@@H](c3cccnc3)N(c3ccc(Br)cc3)O[C@H]2C(=O)N1c1ccccc1. The van der Waals surface area contributed by atoms with Gasteiger partial charge in [-0.2, -0.15) is 0 Å². The summed E-state index contributed by atoms with van der Waals surface area (Å²) in [5.74, 6) is -1.27. The fraction of sp³-hybridized carbons (Fsp3) is 0.136. The van der Waals surface area contributed by atoms with E-state index in [0.717, 1.165) is 15.7 Å². The highest BCUT2D eigenvalue weighted by Crippen LogP contribution is 2.47. The van der Waals surface area contributed by atoms with Crippen LogP contribution in [0.25, 0.3) is 0 Å². The summed E-state index contributed by atoms with van der Waals surface area (Å²) in [5, 5.41) is 1.66. The second-order valence-corrected chi connectivity index (χ2v) is 7.85. The van der Waals surface area contributed by atoms with Crippen molar-refractivity contribution in [1.29, 1.82) is 0 Å². The molecule has 3 atom stereocenters. The molecule has 5 rings (SSSR count). The maximum atomic E-state index is 13.4. The van der Waals surface area contributed by atoms with E-state index >= 15 is 0 Å². The number of rotatable bonds is 3. The highest BCUT2D eigenvalue weighted by Gasteiger charge is 2.60. The van der Waals surface area contributed by atoms with E-state index in [0.29, 0.717) is 5.69 Å². The Balaban J connectivity index is 1.58. The number of hydroxylamine groups is 1. The molecule has 2 amide bonds. The Labute approximate surface area is 175 Å². The Bertz CT molecular complexity index is 1060. The number of aromatic nitrogens is 1. The van der Waals surface area contributed by atoms with Gasteiger partial charge in [0.15, 0.2) is 6.10 Å².